The molecular weight excluding hydrogens is 202 g/mol. The van der Waals surface area contributed by atoms with Gasteiger partial charge in [0.1, 0.15) is 0 Å². The minimum atomic E-state index is -0.127. The molecule has 0 saturated heterocycles. The van der Waals surface area contributed by atoms with Crippen molar-refractivity contribution in [2.75, 3.05) is 26.8 Å². The summed E-state index contributed by atoms with van der Waals surface area (Å²) in [7, 11) is 1.74. The van der Waals surface area contributed by atoms with Crippen LogP contribution in [0.3, 0.4) is 0 Å². The van der Waals surface area contributed by atoms with Gasteiger partial charge in [0.15, 0.2) is 0 Å². The second-order valence-electron chi connectivity index (χ2n) is 4.86. The SMILES string of the molecule is CCC(CC)N(CCOC)CC(O)C1CC1. The lowest BCUT2D eigenvalue weighted by Crippen LogP contribution is -2.42. The highest BCUT2D eigenvalue weighted by Gasteiger charge is 2.31. The smallest absolute Gasteiger partial charge is 0.0695 e. The lowest BCUT2D eigenvalue weighted by atomic mass is 10.1. The van der Waals surface area contributed by atoms with Crippen LogP contribution < -0.4 is 0 Å². The van der Waals surface area contributed by atoms with Crippen molar-refractivity contribution in [1.82, 2.24) is 4.90 Å². The summed E-state index contributed by atoms with van der Waals surface area (Å²) >= 11 is 0. The summed E-state index contributed by atoms with van der Waals surface area (Å²) in [6.07, 6.45) is 4.59. The summed E-state index contributed by atoms with van der Waals surface area (Å²) in [5.74, 6) is 0.569. The van der Waals surface area contributed by atoms with Gasteiger partial charge < -0.3 is 9.84 Å². The van der Waals surface area contributed by atoms with Gasteiger partial charge in [0.05, 0.1) is 12.7 Å². The molecule has 3 heteroatoms. The van der Waals surface area contributed by atoms with Gasteiger partial charge >= 0.3 is 0 Å². The Bertz CT molecular complexity index is 179. The molecule has 1 N–H and O–H groups in total. The van der Waals surface area contributed by atoms with Gasteiger partial charge in [-0.25, -0.2) is 0 Å². The summed E-state index contributed by atoms with van der Waals surface area (Å²) in [6, 6.07) is 0.587. The first-order valence-corrected chi connectivity index (χ1v) is 6.63. The lowest BCUT2D eigenvalue weighted by molar-refractivity contribution is 0.0515. The third-order valence-corrected chi connectivity index (χ3v) is 3.63. The highest BCUT2D eigenvalue weighted by molar-refractivity contribution is 4.84. The van der Waals surface area contributed by atoms with E-state index in [-0.39, 0.29) is 6.10 Å². The monoisotopic (exact) mass is 229 g/mol. The van der Waals surface area contributed by atoms with E-state index in [1.54, 1.807) is 7.11 Å². The van der Waals surface area contributed by atoms with E-state index in [2.05, 4.69) is 18.7 Å². The molecule has 0 aromatic heterocycles. The molecule has 0 aliphatic heterocycles. The molecule has 1 saturated carbocycles. The van der Waals surface area contributed by atoms with Crippen molar-refractivity contribution in [3.05, 3.63) is 0 Å². The van der Waals surface area contributed by atoms with E-state index in [0.29, 0.717) is 12.0 Å². The fourth-order valence-corrected chi connectivity index (χ4v) is 2.31. The van der Waals surface area contributed by atoms with Crippen LogP contribution in [0.15, 0.2) is 0 Å². The Kier molecular flexibility index (Phi) is 6.32. The van der Waals surface area contributed by atoms with E-state index < -0.39 is 0 Å². The van der Waals surface area contributed by atoms with Crippen molar-refractivity contribution in [1.29, 1.82) is 0 Å². The minimum Gasteiger partial charge on any atom is -0.392 e. The molecule has 1 atom stereocenters. The van der Waals surface area contributed by atoms with Crippen LogP contribution in [-0.4, -0.2) is 49.0 Å². The number of rotatable bonds is 9. The first-order chi connectivity index (χ1) is 7.72. The van der Waals surface area contributed by atoms with Crippen molar-refractivity contribution >= 4 is 0 Å². The van der Waals surface area contributed by atoms with Crippen molar-refractivity contribution in [2.24, 2.45) is 5.92 Å². The van der Waals surface area contributed by atoms with E-state index in [1.165, 1.54) is 12.8 Å². The van der Waals surface area contributed by atoms with E-state index >= 15 is 0 Å². The highest BCUT2D eigenvalue weighted by Crippen LogP contribution is 2.33. The predicted octanol–water partition coefficient (Wildman–Crippen LogP) is 1.89. The van der Waals surface area contributed by atoms with E-state index in [9.17, 15) is 5.11 Å². The molecule has 1 aliphatic rings. The molecular formula is C13H27NO2. The number of hydrogen-bond donors (Lipinski definition) is 1. The third-order valence-electron chi connectivity index (χ3n) is 3.63. The Hall–Kier alpha value is -0.120. The Labute approximate surface area is 99.8 Å². The zero-order valence-electron chi connectivity index (χ0n) is 11.0. The molecule has 0 bridgehead atoms. The fraction of sp³-hybridized carbons (Fsp3) is 1.00. The first-order valence-electron chi connectivity index (χ1n) is 6.63. The van der Waals surface area contributed by atoms with Crippen LogP contribution in [0.2, 0.25) is 0 Å². The Balaban J connectivity index is 2.40. The zero-order valence-corrected chi connectivity index (χ0v) is 11.0. The van der Waals surface area contributed by atoms with Gasteiger partial charge in [-0.2, -0.15) is 0 Å². The van der Waals surface area contributed by atoms with Crippen molar-refractivity contribution < 1.29 is 9.84 Å². The first kappa shape index (κ1) is 13.9. The Morgan fingerprint density at radius 1 is 1.31 bits per heavy atom. The maximum absolute atomic E-state index is 10.0. The van der Waals surface area contributed by atoms with Gasteiger partial charge in [-0.15, -0.1) is 0 Å². The molecule has 3 nitrogen and oxygen atoms in total. The molecule has 16 heavy (non-hydrogen) atoms. The standard InChI is InChI=1S/C13H27NO2/c1-4-12(5-2)14(8-9-16-3)10-13(15)11-6-7-11/h11-13,15H,4-10H2,1-3H3. The number of aliphatic hydroxyl groups is 1. The van der Waals surface area contributed by atoms with Crippen LogP contribution in [0.25, 0.3) is 0 Å². The van der Waals surface area contributed by atoms with Gasteiger partial charge in [-0.3, -0.25) is 4.90 Å². The van der Waals surface area contributed by atoms with E-state index in [0.717, 1.165) is 32.5 Å². The van der Waals surface area contributed by atoms with Gasteiger partial charge in [-0.05, 0) is 31.6 Å². The molecule has 96 valence electrons. The van der Waals surface area contributed by atoms with Gasteiger partial charge in [0, 0.05) is 26.2 Å². The average molecular weight is 229 g/mol. The van der Waals surface area contributed by atoms with E-state index in [4.69, 9.17) is 4.74 Å². The van der Waals surface area contributed by atoms with Crippen LogP contribution in [0.1, 0.15) is 39.5 Å². The number of nitrogens with zero attached hydrogens (tertiary/aromatic N) is 1. The van der Waals surface area contributed by atoms with Gasteiger partial charge in [0.2, 0.25) is 0 Å². The molecule has 1 unspecified atom stereocenters. The largest absolute Gasteiger partial charge is 0.392 e. The summed E-state index contributed by atoms with van der Waals surface area (Å²) in [4.78, 5) is 2.40. The summed E-state index contributed by atoms with van der Waals surface area (Å²) in [5.41, 5.74) is 0. The Morgan fingerprint density at radius 2 is 1.94 bits per heavy atom. The molecule has 1 fully saturated rings. The second kappa shape index (κ2) is 7.25. The number of methoxy groups -OCH3 is 1. The Morgan fingerprint density at radius 3 is 2.38 bits per heavy atom. The predicted molar refractivity (Wildman–Crippen MR) is 66.5 cm³/mol. The van der Waals surface area contributed by atoms with Crippen LogP contribution >= 0.6 is 0 Å². The second-order valence-corrected chi connectivity index (χ2v) is 4.86. The van der Waals surface area contributed by atoms with Crippen molar-refractivity contribution in [2.45, 2.75) is 51.7 Å². The van der Waals surface area contributed by atoms with Gasteiger partial charge in [0.25, 0.3) is 0 Å². The maximum Gasteiger partial charge on any atom is 0.0695 e. The highest BCUT2D eigenvalue weighted by atomic mass is 16.5. The molecule has 0 radical (unpaired) electrons. The molecule has 0 aromatic carbocycles. The molecule has 0 amide bonds. The molecule has 0 heterocycles. The van der Waals surface area contributed by atoms with Crippen molar-refractivity contribution in [3.8, 4) is 0 Å². The zero-order chi connectivity index (χ0) is 12.0. The molecule has 1 rings (SSSR count). The maximum atomic E-state index is 10.0. The topological polar surface area (TPSA) is 32.7 Å². The number of aliphatic hydroxyl groups excluding tert-OH is 1. The minimum absolute atomic E-state index is 0.127. The molecule has 1 aliphatic carbocycles. The normalized spacial score (nSPS) is 18.4. The number of ether oxygens (including phenoxy) is 1. The van der Waals surface area contributed by atoms with Crippen LogP contribution in [0.4, 0.5) is 0 Å². The third kappa shape index (κ3) is 4.40. The molecule has 0 aromatic rings. The number of hydrogen-bond acceptors (Lipinski definition) is 3. The summed E-state index contributed by atoms with van der Waals surface area (Å²) in [6.45, 7) is 6.95. The van der Waals surface area contributed by atoms with Gasteiger partial charge in [-0.1, -0.05) is 13.8 Å². The van der Waals surface area contributed by atoms with Crippen LogP contribution in [0.5, 0.6) is 0 Å². The van der Waals surface area contributed by atoms with Crippen LogP contribution in [0, 0.1) is 5.92 Å². The van der Waals surface area contributed by atoms with Crippen molar-refractivity contribution in [3.63, 3.8) is 0 Å². The van der Waals surface area contributed by atoms with Crippen LogP contribution in [-0.2, 0) is 4.74 Å². The summed E-state index contributed by atoms with van der Waals surface area (Å²) in [5, 5.41) is 10.0. The lowest BCUT2D eigenvalue weighted by Gasteiger charge is -2.32. The fourth-order valence-electron chi connectivity index (χ4n) is 2.31. The quantitative estimate of drug-likeness (QED) is 0.655. The summed E-state index contributed by atoms with van der Waals surface area (Å²) < 4.78 is 5.15. The average Bonchev–Trinajstić information content (AvgIpc) is 3.10. The molecule has 0 spiro atoms. The van der Waals surface area contributed by atoms with E-state index in [1.807, 2.05) is 0 Å².